The maximum atomic E-state index is 5.81. The Kier molecular flexibility index (Phi) is 4.74. The van der Waals surface area contributed by atoms with E-state index in [0.717, 1.165) is 23.7 Å². The van der Waals surface area contributed by atoms with Gasteiger partial charge in [0.15, 0.2) is 5.82 Å². The van der Waals surface area contributed by atoms with E-state index in [0.29, 0.717) is 12.6 Å². The Morgan fingerprint density at radius 3 is 2.80 bits per heavy atom. The normalized spacial score (nSPS) is 12.4. The summed E-state index contributed by atoms with van der Waals surface area (Å²) in [6.07, 6.45) is 1.67. The van der Waals surface area contributed by atoms with Crippen LogP contribution >= 0.6 is 0 Å². The Morgan fingerprint density at radius 2 is 2.20 bits per heavy atom. The van der Waals surface area contributed by atoms with Crippen molar-refractivity contribution in [1.29, 1.82) is 0 Å². The van der Waals surface area contributed by atoms with Crippen LogP contribution in [0.25, 0.3) is 0 Å². The molecule has 0 amide bonds. The molecule has 1 N–H and O–H groups in total. The van der Waals surface area contributed by atoms with Gasteiger partial charge in [-0.2, -0.15) is 0 Å². The molecule has 2 rings (SSSR count). The predicted octanol–water partition coefficient (Wildman–Crippen LogP) is 2.37. The van der Waals surface area contributed by atoms with E-state index in [1.54, 1.807) is 6.33 Å². The molecule has 0 bridgehead atoms. The van der Waals surface area contributed by atoms with Gasteiger partial charge in [-0.3, -0.25) is 0 Å². The van der Waals surface area contributed by atoms with Crippen molar-refractivity contribution in [2.75, 3.05) is 6.54 Å². The SMILES string of the molecule is CCNC(C)c1ccc(OCc2nncn2C)c(C)c1. The van der Waals surface area contributed by atoms with E-state index in [2.05, 4.69) is 48.4 Å². The quantitative estimate of drug-likeness (QED) is 0.878. The average Bonchev–Trinajstić information content (AvgIpc) is 2.83. The lowest BCUT2D eigenvalue weighted by Gasteiger charge is -2.15. The van der Waals surface area contributed by atoms with Gasteiger partial charge in [0.25, 0.3) is 0 Å². The molecule has 1 aromatic heterocycles. The van der Waals surface area contributed by atoms with E-state index >= 15 is 0 Å². The minimum absolute atomic E-state index is 0.353. The zero-order valence-corrected chi connectivity index (χ0v) is 12.6. The van der Waals surface area contributed by atoms with Crippen LogP contribution in [0.4, 0.5) is 0 Å². The van der Waals surface area contributed by atoms with E-state index in [1.165, 1.54) is 5.56 Å². The lowest BCUT2D eigenvalue weighted by molar-refractivity contribution is 0.289. The molecular weight excluding hydrogens is 252 g/mol. The van der Waals surface area contributed by atoms with Gasteiger partial charge in [-0.1, -0.05) is 19.1 Å². The van der Waals surface area contributed by atoms with Crippen LogP contribution in [-0.2, 0) is 13.7 Å². The van der Waals surface area contributed by atoms with Crippen LogP contribution in [0.3, 0.4) is 0 Å². The summed E-state index contributed by atoms with van der Waals surface area (Å²) < 4.78 is 7.67. The van der Waals surface area contributed by atoms with Crippen LogP contribution in [0.1, 0.15) is 36.8 Å². The zero-order valence-electron chi connectivity index (χ0n) is 12.6. The van der Waals surface area contributed by atoms with E-state index < -0.39 is 0 Å². The summed E-state index contributed by atoms with van der Waals surface area (Å²) >= 11 is 0. The Balaban J connectivity index is 2.04. The molecule has 0 aliphatic rings. The highest BCUT2D eigenvalue weighted by Gasteiger charge is 2.08. The van der Waals surface area contributed by atoms with Crippen molar-refractivity contribution in [1.82, 2.24) is 20.1 Å². The Labute approximate surface area is 120 Å². The van der Waals surface area contributed by atoms with E-state index in [1.807, 2.05) is 17.7 Å². The van der Waals surface area contributed by atoms with Crippen molar-refractivity contribution in [3.63, 3.8) is 0 Å². The first-order valence-corrected chi connectivity index (χ1v) is 6.91. The molecule has 5 nitrogen and oxygen atoms in total. The molecule has 0 saturated carbocycles. The summed E-state index contributed by atoms with van der Waals surface area (Å²) in [4.78, 5) is 0. The minimum Gasteiger partial charge on any atom is -0.485 e. The summed E-state index contributed by atoms with van der Waals surface area (Å²) in [5, 5.41) is 11.3. The standard InChI is InChI=1S/C15H22N4O/c1-5-16-12(3)13-6-7-14(11(2)8-13)20-9-15-18-17-10-19(15)4/h6-8,10,12,16H,5,9H2,1-4H3. The van der Waals surface area contributed by atoms with Gasteiger partial charge in [0, 0.05) is 13.1 Å². The van der Waals surface area contributed by atoms with Gasteiger partial charge in [-0.05, 0) is 37.6 Å². The molecule has 0 aliphatic carbocycles. The fourth-order valence-electron chi connectivity index (χ4n) is 2.11. The van der Waals surface area contributed by atoms with Crippen LogP contribution in [0.5, 0.6) is 5.75 Å². The smallest absolute Gasteiger partial charge is 0.170 e. The first-order valence-electron chi connectivity index (χ1n) is 6.91. The highest BCUT2D eigenvalue weighted by Crippen LogP contribution is 2.23. The summed E-state index contributed by atoms with van der Waals surface area (Å²) in [5.41, 5.74) is 2.41. The summed E-state index contributed by atoms with van der Waals surface area (Å²) in [6.45, 7) is 7.73. The maximum absolute atomic E-state index is 5.81. The first-order chi connectivity index (χ1) is 9.61. The number of aryl methyl sites for hydroxylation is 2. The second-order valence-corrected chi connectivity index (χ2v) is 4.95. The van der Waals surface area contributed by atoms with Gasteiger partial charge in [0.1, 0.15) is 18.7 Å². The molecule has 1 atom stereocenters. The van der Waals surface area contributed by atoms with Crippen LogP contribution in [0.15, 0.2) is 24.5 Å². The molecule has 0 aliphatic heterocycles. The minimum atomic E-state index is 0.353. The van der Waals surface area contributed by atoms with Crippen LogP contribution in [0, 0.1) is 6.92 Å². The first kappa shape index (κ1) is 14.5. The number of hydrogen-bond acceptors (Lipinski definition) is 4. The molecule has 5 heteroatoms. The molecular formula is C15H22N4O. The molecule has 2 aromatic rings. The van der Waals surface area contributed by atoms with Gasteiger partial charge in [-0.25, -0.2) is 0 Å². The number of nitrogens with one attached hydrogen (secondary N) is 1. The van der Waals surface area contributed by atoms with E-state index in [4.69, 9.17) is 4.74 Å². The Hall–Kier alpha value is -1.88. The lowest BCUT2D eigenvalue weighted by atomic mass is 10.1. The largest absolute Gasteiger partial charge is 0.485 e. The van der Waals surface area contributed by atoms with Crippen LogP contribution in [0.2, 0.25) is 0 Å². The summed E-state index contributed by atoms with van der Waals surface area (Å²) in [7, 11) is 1.91. The second-order valence-electron chi connectivity index (χ2n) is 4.95. The van der Waals surface area contributed by atoms with Crippen molar-refractivity contribution in [3.05, 3.63) is 41.5 Å². The van der Waals surface area contributed by atoms with Gasteiger partial charge < -0.3 is 14.6 Å². The number of nitrogens with zero attached hydrogens (tertiary/aromatic N) is 3. The van der Waals surface area contributed by atoms with Gasteiger partial charge >= 0.3 is 0 Å². The number of aromatic nitrogens is 3. The maximum Gasteiger partial charge on any atom is 0.170 e. The molecule has 0 spiro atoms. The fraction of sp³-hybridized carbons (Fsp3) is 0.467. The second kappa shape index (κ2) is 6.52. The molecule has 1 aromatic carbocycles. The molecule has 1 heterocycles. The fourth-order valence-corrected chi connectivity index (χ4v) is 2.11. The summed E-state index contributed by atoms with van der Waals surface area (Å²) in [5.74, 6) is 1.70. The van der Waals surface area contributed by atoms with Gasteiger partial charge in [0.2, 0.25) is 0 Å². The summed E-state index contributed by atoms with van der Waals surface area (Å²) in [6, 6.07) is 6.65. The molecule has 0 radical (unpaired) electrons. The Morgan fingerprint density at radius 1 is 1.40 bits per heavy atom. The van der Waals surface area contributed by atoms with Crippen molar-refractivity contribution in [3.8, 4) is 5.75 Å². The van der Waals surface area contributed by atoms with Crippen molar-refractivity contribution >= 4 is 0 Å². The van der Waals surface area contributed by atoms with Gasteiger partial charge in [0.05, 0.1) is 0 Å². The molecule has 20 heavy (non-hydrogen) atoms. The number of ether oxygens (including phenoxy) is 1. The predicted molar refractivity (Wildman–Crippen MR) is 78.6 cm³/mol. The van der Waals surface area contributed by atoms with Crippen LogP contribution in [-0.4, -0.2) is 21.3 Å². The monoisotopic (exact) mass is 274 g/mol. The highest BCUT2D eigenvalue weighted by atomic mass is 16.5. The molecule has 0 fully saturated rings. The molecule has 1 unspecified atom stereocenters. The van der Waals surface area contributed by atoms with Crippen molar-refractivity contribution in [2.24, 2.45) is 7.05 Å². The van der Waals surface area contributed by atoms with Crippen molar-refractivity contribution in [2.45, 2.75) is 33.4 Å². The zero-order chi connectivity index (χ0) is 14.5. The van der Waals surface area contributed by atoms with E-state index in [-0.39, 0.29) is 0 Å². The lowest BCUT2D eigenvalue weighted by Crippen LogP contribution is -2.17. The third kappa shape index (κ3) is 3.36. The average molecular weight is 274 g/mol. The Bertz CT molecular complexity index is 565. The number of benzene rings is 1. The third-order valence-corrected chi connectivity index (χ3v) is 3.37. The topological polar surface area (TPSA) is 52.0 Å². The molecule has 108 valence electrons. The van der Waals surface area contributed by atoms with Crippen LogP contribution < -0.4 is 10.1 Å². The van der Waals surface area contributed by atoms with Gasteiger partial charge in [-0.15, -0.1) is 10.2 Å². The number of hydrogen-bond donors (Lipinski definition) is 1. The molecule has 0 saturated heterocycles. The number of rotatable bonds is 6. The highest BCUT2D eigenvalue weighted by molar-refractivity contribution is 5.37. The van der Waals surface area contributed by atoms with Crippen molar-refractivity contribution < 1.29 is 4.74 Å². The van der Waals surface area contributed by atoms with E-state index in [9.17, 15) is 0 Å². The third-order valence-electron chi connectivity index (χ3n) is 3.37.